The predicted octanol–water partition coefficient (Wildman–Crippen LogP) is -0.468. The summed E-state index contributed by atoms with van der Waals surface area (Å²) in [6.07, 6.45) is 1.48. The number of anilines is 3. The molecule has 0 aliphatic rings. The van der Waals surface area contributed by atoms with Gasteiger partial charge in [-0.05, 0) is 6.07 Å². The fourth-order valence-corrected chi connectivity index (χ4v) is 0.619. The van der Waals surface area contributed by atoms with E-state index in [1.165, 1.54) is 6.20 Å². The van der Waals surface area contributed by atoms with Crippen LogP contribution in [0.1, 0.15) is 0 Å². The van der Waals surface area contributed by atoms with Gasteiger partial charge in [0.1, 0.15) is 0 Å². The van der Waals surface area contributed by atoms with Crippen LogP contribution in [0.4, 0.5) is 17.2 Å². The average molecular weight is 139 g/mol. The van der Waals surface area contributed by atoms with Gasteiger partial charge in [-0.3, -0.25) is 0 Å². The van der Waals surface area contributed by atoms with E-state index in [0.717, 1.165) is 0 Å². The monoisotopic (exact) mass is 139 g/mol. The third-order valence-corrected chi connectivity index (χ3v) is 1.08. The first-order valence-electron chi connectivity index (χ1n) is 2.71. The molecule has 10 heavy (non-hydrogen) atoms. The van der Waals surface area contributed by atoms with Gasteiger partial charge in [0.05, 0.1) is 17.6 Å². The van der Waals surface area contributed by atoms with Gasteiger partial charge < -0.3 is 16.9 Å². The molecule has 0 amide bonds. The summed E-state index contributed by atoms with van der Waals surface area (Å²) in [4.78, 5) is 3.81. The van der Waals surface area contributed by atoms with Crippen LogP contribution < -0.4 is 22.7 Å². The summed E-state index contributed by atoms with van der Waals surface area (Å²) in [5, 5.41) is 0. The lowest BCUT2D eigenvalue weighted by atomic mass is 10.3. The highest BCUT2D eigenvalue weighted by molar-refractivity contribution is 5.64. The molecule has 1 aromatic rings. The van der Waals surface area contributed by atoms with Crippen LogP contribution in [-0.4, -0.2) is 4.98 Å². The number of hydrogen-bond donors (Lipinski definition) is 4. The number of nitrogens with one attached hydrogen (secondary N) is 1. The molecule has 0 fully saturated rings. The molecule has 0 aliphatic carbocycles. The van der Waals surface area contributed by atoms with E-state index < -0.39 is 0 Å². The molecular formula is C5H9N5. The van der Waals surface area contributed by atoms with Crippen LogP contribution >= 0.6 is 0 Å². The molecule has 0 spiro atoms. The van der Waals surface area contributed by atoms with Crippen LogP contribution in [-0.2, 0) is 0 Å². The maximum atomic E-state index is 5.45. The fraction of sp³-hybridized carbons (Fsp3) is 0. The highest BCUT2D eigenvalue weighted by Crippen LogP contribution is 2.15. The second-order valence-corrected chi connectivity index (χ2v) is 1.85. The Hall–Kier alpha value is -1.49. The molecule has 0 aromatic carbocycles. The molecule has 1 rings (SSSR count). The second-order valence-electron chi connectivity index (χ2n) is 1.85. The van der Waals surface area contributed by atoms with E-state index in [9.17, 15) is 0 Å². The standard InChI is InChI=1S/C5H9N5/c6-3-1-4(7)5(10-8)9-2-3/h1-2H,6-8H2,(H,9,10). The SMILES string of the molecule is NNc1ncc(N)cc1N. The highest BCUT2D eigenvalue weighted by atomic mass is 15.3. The molecule has 5 heteroatoms. The summed E-state index contributed by atoms with van der Waals surface area (Å²) in [6.45, 7) is 0. The number of pyridine rings is 1. The van der Waals surface area contributed by atoms with Crippen molar-refractivity contribution in [2.45, 2.75) is 0 Å². The van der Waals surface area contributed by atoms with Crippen LogP contribution in [0, 0.1) is 0 Å². The number of nitrogens with two attached hydrogens (primary N) is 3. The third kappa shape index (κ3) is 1.08. The molecule has 0 saturated heterocycles. The molecular weight excluding hydrogens is 130 g/mol. The predicted molar refractivity (Wildman–Crippen MR) is 40.9 cm³/mol. The van der Waals surface area contributed by atoms with Crippen molar-refractivity contribution in [3.8, 4) is 0 Å². The van der Waals surface area contributed by atoms with Gasteiger partial charge in [0.15, 0.2) is 5.82 Å². The first kappa shape index (κ1) is 6.63. The molecule has 54 valence electrons. The minimum atomic E-state index is 0.439. The summed E-state index contributed by atoms with van der Waals surface area (Å²) in [7, 11) is 0. The van der Waals surface area contributed by atoms with Crippen molar-refractivity contribution in [2.75, 3.05) is 16.9 Å². The normalized spacial score (nSPS) is 9.30. The fourth-order valence-electron chi connectivity index (χ4n) is 0.619. The van der Waals surface area contributed by atoms with Crippen molar-refractivity contribution in [3.05, 3.63) is 12.3 Å². The summed E-state index contributed by atoms with van der Waals surface area (Å²) in [5.41, 5.74) is 14.1. The van der Waals surface area contributed by atoms with Gasteiger partial charge in [0.25, 0.3) is 0 Å². The van der Waals surface area contributed by atoms with Gasteiger partial charge in [-0.15, -0.1) is 0 Å². The number of nitrogen functional groups attached to an aromatic ring is 3. The van der Waals surface area contributed by atoms with E-state index in [1.807, 2.05) is 0 Å². The largest absolute Gasteiger partial charge is 0.397 e. The minimum Gasteiger partial charge on any atom is -0.397 e. The first-order valence-corrected chi connectivity index (χ1v) is 2.71. The summed E-state index contributed by atoms with van der Waals surface area (Å²) in [5.74, 6) is 5.51. The van der Waals surface area contributed by atoms with E-state index in [0.29, 0.717) is 17.2 Å². The zero-order valence-electron chi connectivity index (χ0n) is 5.33. The van der Waals surface area contributed by atoms with Crippen LogP contribution in [0.3, 0.4) is 0 Å². The van der Waals surface area contributed by atoms with Gasteiger partial charge in [-0.2, -0.15) is 0 Å². The third-order valence-electron chi connectivity index (χ3n) is 1.08. The van der Waals surface area contributed by atoms with Crippen LogP contribution in [0.5, 0.6) is 0 Å². The van der Waals surface area contributed by atoms with Crippen molar-refractivity contribution in [1.29, 1.82) is 0 Å². The number of hydrazine groups is 1. The Morgan fingerprint density at radius 2 is 2.10 bits per heavy atom. The van der Waals surface area contributed by atoms with Crippen molar-refractivity contribution in [1.82, 2.24) is 4.98 Å². The number of hydrogen-bond acceptors (Lipinski definition) is 5. The molecule has 0 bridgehead atoms. The van der Waals surface area contributed by atoms with Gasteiger partial charge >= 0.3 is 0 Å². The lowest BCUT2D eigenvalue weighted by molar-refractivity contribution is 1.23. The van der Waals surface area contributed by atoms with Gasteiger partial charge in [-0.1, -0.05) is 0 Å². The smallest absolute Gasteiger partial charge is 0.163 e. The summed E-state index contributed by atoms with van der Waals surface area (Å²) in [6, 6.07) is 1.59. The molecule has 0 aliphatic heterocycles. The van der Waals surface area contributed by atoms with Gasteiger partial charge in [0, 0.05) is 0 Å². The van der Waals surface area contributed by atoms with E-state index in [4.69, 9.17) is 17.3 Å². The van der Waals surface area contributed by atoms with Crippen molar-refractivity contribution < 1.29 is 0 Å². The Kier molecular flexibility index (Phi) is 1.59. The van der Waals surface area contributed by atoms with Crippen molar-refractivity contribution in [2.24, 2.45) is 5.84 Å². The maximum Gasteiger partial charge on any atom is 0.163 e. The number of aromatic nitrogens is 1. The van der Waals surface area contributed by atoms with Crippen molar-refractivity contribution >= 4 is 17.2 Å². The molecule has 0 radical (unpaired) electrons. The number of nitrogens with zero attached hydrogens (tertiary/aromatic N) is 1. The summed E-state index contributed by atoms with van der Waals surface area (Å²) >= 11 is 0. The zero-order valence-corrected chi connectivity index (χ0v) is 5.33. The molecule has 5 nitrogen and oxygen atoms in total. The van der Waals surface area contributed by atoms with Crippen LogP contribution in [0.15, 0.2) is 12.3 Å². The first-order chi connectivity index (χ1) is 4.74. The van der Waals surface area contributed by atoms with Gasteiger partial charge in [0.2, 0.25) is 0 Å². The molecule has 0 saturated carbocycles. The average Bonchev–Trinajstić information content (AvgIpc) is 1.88. The molecule has 1 heterocycles. The molecule has 0 atom stereocenters. The quantitative estimate of drug-likeness (QED) is 0.311. The molecule has 0 unspecified atom stereocenters. The van der Waals surface area contributed by atoms with Gasteiger partial charge in [-0.25, -0.2) is 10.8 Å². The highest BCUT2D eigenvalue weighted by Gasteiger charge is 1.96. The molecule has 7 N–H and O–H groups in total. The Bertz CT molecular complexity index is 233. The lowest BCUT2D eigenvalue weighted by Gasteiger charge is -2.02. The van der Waals surface area contributed by atoms with Crippen LogP contribution in [0.25, 0.3) is 0 Å². The van der Waals surface area contributed by atoms with E-state index >= 15 is 0 Å². The number of rotatable bonds is 1. The van der Waals surface area contributed by atoms with E-state index in [-0.39, 0.29) is 0 Å². The topological polar surface area (TPSA) is 103 Å². The Balaban J connectivity index is 3.07. The Morgan fingerprint density at radius 1 is 1.40 bits per heavy atom. The Labute approximate surface area is 58.2 Å². The zero-order chi connectivity index (χ0) is 7.56. The van der Waals surface area contributed by atoms with Crippen molar-refractivity contribution in [3.63, 3.8) is 0 Å². The molecule has 1 aromatic heterocycles. The Morgan fingerprint density at radius 3 is 2.60 bits per heavy atom. The summed E-state index contributed by atoms with van der Waals surface area (Å²) < 4.78 is 0. The maximum absolute atomic E-state index is 5.45. The van der Waals surface area contributed by atoms with E-state index in [2.05, 4.69) is 10.4 Å². The minimum absolute atomic E-state index is 0.439. The van der Waals surface area contributed by atoms with E-state index in [1.54, 1.807) is 6.07 Å². The van der Waals surface area contributed by atoms with Crippen LogP contribution in [0.2, 0.25) is 0 Å². The second kappa shape index (κ2) is 2.40. The lowest BCUT2D eigenvalue weighted by Crippen LogP contribution is -2.10.